The fourth-order valence-corrected chi connectivity index (χ4v) is 5.92. The van der Waals surface area contributed by atoms with Crippen molar-refractivity contribution in [3.05, 3.63) is 57.9 Å². The fourth-order valence-electron chi connectivity index (χ4n) is 3.30. The first-order valence-electron chi connectivity index (χ1n) is 9.45. The number of thiazole rings is 1. The molecule has 1 amide bonds. The Kier molecular flexibility index (Phi) is 6.07. The lowest BCUT2D eigenvalue weighted by atomic mass is 10.1. The molecule has 0 aliphatic rings. The highest BCUT2D eigenvalue weighted by atomic mass is 32.2. The van der Waals surface area contributed by atoms with Crippen molar-refractivity contribution in [2.45, 2.75) is 32.6 Å². The summed E-state index contributed by atoms with van der Waals surface area (Å²) in [4.78, 5) is 17.8. The van der Waals surface area contributed by atoms with Crippen LogP contribution in [0.3, 0.4) is 0 Å². The van der Waals surface area contributed by atoms with Gasteiger partial charge in [0, 0.05) is 25.7 Å². The van der Waals surface area contributed by atoms with Crippen molar-refractivity contribution in [2.75, 3.05) is 13.1 Å². The SMILES string of the molecule is CCN(CC)S(=O)(=O)c1ccc(C(=O)N=c2sc3c(C)ccc(C)c3n2C)cc1. The minimum Gasteiger partial charge on any atom is -0.319 e. The molecule has 0 atom stereocenters. The molecule has 0 saturated heterocycles. The molecule has 0 spiro atoms. The van der Waals surface area contributed by atoms with Gasteiger partial charge in [-0.25, -0.2) is 8.42 Å². The number of rotatable bonds is 5. The van der Waals surface area contributed by atoms with Crippen LogP contribution in [0.25, 0.3) is 10.2 Å². The van der Waals surface area contributed by atoms with Gasteiger partial charge < -0.3 is 4.57 Å². The molecular weight excluding hydrogens is 406 g/mol. The number of sulfonamides is 1. The number of hydrogen-bond acceptors (Lipinski definition) is 4. The van der Waals surface area contributed by atoms with Gasteiger partial charge in [-0.15, -0.1) is 0 Å². The summed E-state index contributed by atoms with van der Waals surface area (Å²) >= 11 is 1.48. The van der Waals surface area contributed by atoms with E-state index in [2.05, 4.69) is 17.1 Å². The molecular formula is C21H25N3O3S2. The average molecular weight is 432 g/mol. The van der Waals surface area contributed by atoms with Crippen LogP contribution in [-0.4, -0.2) is 36.3 Å². The summed E-state index contributed by atoms with van der Waals surface area (Å²) < 4.78 is 29.6. The molecule has 3 rings (SSSR count). The van der Waals surface area contributed by atoms with Crippen molar-refractivity contribution in [1.29, 1.82) is 0 Å². The van der Waals surface area contributed by atoms with E-state index in [0.29, 0.717) is 23.5 Å². The van der Waals surface area contributed by atoms with E-state index in [1.165, 1.54) is 39.9 Å². The first-order valence-corrected chi connectivity index (χ1v) is 11.7. The lowest BCUT2D eigenvalue weighted by Crippen LogP contribution is -2.30. The monoisotopic (exact) mass is 431 g/mol. The number of carbonyl (C=O) groups excluding carboxylic acids is 1. The lowest BCUT2D eigenvalue weighted by Gasteiger charge is -2.18. The minimum absolute atomic E-state index is 0.177. The number of amides is 1. The summed E-state index contributed by atoms with van der Waals surface area (Å²) in [6.07, 6.45) is 0. The summed E-state index contributed by atoms with van der Waals surface area (Å²) in [5, 5.41) is 0. The van der Waals surface area contributed by atoms with Crippen molar-refractivity contribution in [1.82, 2.24) is 8.87 Å². The molecule has 0 saturated carbocycles. The highest BCUT2D eigenvalue weighted by molar-refractivity contribution is 7.89. The molecule has 29 heavy (non-hydrogen) atoms. The maximum atomic E-state index is 12.7. The summed E-state index contributed by atoms with van der Waals surface area (Å²) in [6, 6.07) is 10.1. The molecule has 8 heteroatoms. The molecule has 154 valence electrons. The number of hydrogen-bond donors (Lipinski definition) is 0. The largest absolute Gasteiger partial charge is 0.319 e. The van der Waals surface area contributed by atoms with Gasteiger partial charge in [-0.1, -0.05) is 37.3 Å². The molecule has 1 heterocycles. The summed E-state index contributed by atoms with van der Waals surface area (Å²) in [6.45, 7) is 8.47. The molecule has 0 aliphatic heterocycles. The van der Waals surface area contributed by atoms with Gasteiger partial charge >= 0.3 is 0 Å². The van der Waals surface area contributed by atoms with Crippen LogP contribution in [0.4, 0.5) is 0 Å². The Hall–Kier alpha value is -2.29. The maximum Gasteiger partial charge on any atom is 0.279 e. The van der Waals surface area contributed by atoms with Gasteiger partial charge in [0.05, 0.1) is 15.1 Å². The van der Waals surface area contributed by atoms with Crippen LogP contribution in [-0.2, 0) is 17.1 Å². The van der Waals surface area contributed by atoms with Crippen LogP contribution in [0.2, 0.25) is 0 Å². The average Bonchev–Trinajstić information content (AvgIpc) is 3.03. The Balaban J connectivity index is 1.98. The number of benzene rings is 2. The maximum absolute atomic E-state index is 12.7. The summed E-state index contributed by atoms with van der Waals surface area (Å²) in [7, 11) is -1.65. The number of carbonyl (C=O) groups is 1. The van der Waals surface area contributed by atoms with Crippen LogP contribution in [0.1, 0.15) is 35.3 Å². The van der Waals surface area contributed by atoms with Crippen molar-refractivity contribution < 1.29 is 13.2 Å². The zero-order chi connectivity index (χ0) is 21.3. The minimum atomic E-state index is -3.55. The molecule has 0 bridgehead atoms. The smallest absolute Gasteiger partial charge is 0.279 e. The topological polar surface area (TPSA) is 71.7 Å². The van der Waals surface area contributed by atoms with Gasteiger partial charge in [-0.3, -0.25) is 4.79 Å². The number of aromatic nitrogens is 1. The van der Waals surface area contributed by atoms with Crippen molar-refractivity contribution >= 4 is 37.5 Å². The first kappa shape index (κ1) is 21.4. The Morgan fingerprint density at radius 2 is 1.62 bits per heavy atom. The predicted octanol–water partition coefficient (Wildman–Crippen LogP) is 3.63. The van der Waals surface area contributed by atoms with E-state index in [9.17, 15) is 13.2 Å². The first-order chi connectivity index (χ1) is 13.7. The van der Waals surface area contributed by atoms with E-state index in [1.807, 2.05) is 25.5 Å². The molecule has 0 fully saturated rings. The third-order valence-corrected chi connectivity index (χ3v) is 8.32. The highest BCUT2D eigenvalue weighted by Crippen LogP contribution is 2.24. The van der Waals surface area contributed by atoms with Crippen LogP contribution in [0.5, 0.6) is 0 Å². The third kappa shape index (κ3) is 3.92. The van der Waals surface area contributed by atoms with Crippen LogP contribution < -0.4 is 4.80 Å². The van der Waals surface area contributed by atoms with Gasteiger partial charge in [0.25, 0.3) is 5.91 Å². The van der Waals surface area contributed by atoms with Gasteiger partial charge in [0.15, 0.2) is 4.80 Å². The predicted molar refractivity (Wildman–Crippen MR) is 117 cm³/mol. The van der Waals surface area contributed by atoms with Crippen LogP contribution >= 0.6 is 11.3 Å². The van der Waals surface area contributed by atoms with E-state index in [4.69, 9.17) is 0 Å². The molecule has 6 nitrogen and oxygen atoms in total. The van der Waals surface area contributed by atoms with E-state index in [-0.39, 0.29) is 4.90 Å². The fraction of sp³-hybridized carbons (Fsp3) is 0.333. The second-order valence-corrected chi connectivity index (χ2v) is 9.77. The van der Waals surface area contributed by atoms with E-state index in [1.54, 1.807) is 13.8 Å². The molecule has 0 radical (unpaired) electrons. The zero-order valence-corrected chi connectivity index (χ0v) is 18.9. The molecule has 0 unspecified atom stereocenters. The Labute approximate surface area is 175 Å². The Morgan fingerprint density at radius 1 is 1.03 bits per heavy atom. The quantitative estimate of drug-likeness (QED) is 0.619. The van der Waals surface area contributed by atoms with Gasteiger partial charge in [0.2, 0.25) is 10.0 Å². The van der Waals surface area contributed by atoms with Crippen molar-refractivity contribution in [2.24, 2.45) is 12.0 Å². The van der Waals surface area contributed by atoms with Gasteiger partial charge in [-0.05, 0) is 49.2 Å². The zero-order valence-electron chi connectivity index (χ0n) is 17.3. The second kappa shape index (κ2) is 8.22. The highest BCUT2D eigenvalue weighted by Gasteiger charge is 2.21. The van der Waals surface area contributed by atoms with Crippen molar-refractivity contribution in [3.63, 3.8) is 0 Å². The second-order valence-electron chi connectivity index (χ2n) is 6.85. The Bertz CT molecular complexity index is 1230. The molecule has 2 aromatic carbocycles. The van der Waals surface area contributed by atoms with E-state index >= 15 is 0 Å². The Morgan fingerprint density at radius 3 is 2.17 bits per heavy atom. The van der Waals surface area contributed by atoms with Crippen LogP contribution in [0, 0.1) is 13.8 Å². The van der Waals surface area contributed by atoms with Crippen LogP contribution in [0.15, 0.2) is 46.3 Å². The van der Waals surface area contributed by atoms with E-state index in [0.717, 1.165) is 21.3 Å². The van der Waals surface area contributed by atoms with Crippen molar-refractivity contribution in [3.8, 4) is 0 Å². The number of aryl methyl sites for hydroxylation is 3. The van der Waals surface area contributed by atoms with E-state index < -0.39 is 15.9 Å². The van der Waals surface area contributed by atoms with Gasteiger partial charge in [0.1, 0.15) is 0 Å². The lowest BCUT2D eigenvalue weighted by molar-refractivity contribution is 0.0998. The van der Waals surface area contributed by atoms with Gasteiger partial charge in [-0.2, -0.15) is 9.30 Å². The molecule has 1 aromatic heterocycles. The molecule has 0 N–H and O–H groups in total. The number of fused-ring (bicyclic) bond motifs is 1. The molecule has 0 aliphatic carbocycles. The third-order valence-electron chi connectivity index (χ3n) is 4.99. The summed E-state index contributed by atoms with van der Waals surface area (Å²) in [5.41, 5.74) is 3.70. The summed E-state index contributed by atoms with van der Waals surface area (Å²) in [5.74, 6) is -0.394. The normalized spacial score (nSPS) is 12.8. The number of nitrogens with zero attached hydrogens (tertiary/aromatic N) is 3. The standard InChI is InChI=1S/C21H25N3O3S2/c1-6-24(7-2)29(26,27)17-12-10-16(11-13-17)20(25)22-21-23(5)18-14(3)8-9-15(4)19(18)28-21/h8-13H,6-7H2,1-5H3. The molecule has 3 aromatic rings.